The molecule has 1 saturated heterocycles. The van der Waals surface area contributed by atoms with Gasteiger partial charge in [0.1, 0.15) is 17.0 Å². The van der Waals surface area contributed by atoms with Gasteiger partial charge in [-0.3, -0.25) is 9.59 Å². The van der Waals surface area contributed by atoms with Gasteiger partial charge in [0.15, 0.2) is 5.69 Å². The standard InChI is InChI=1S/C19H22N4O5/c1-13-17(22-28-21-13)18(25)20-10-16(24)23-11-14-4-2-3-5-15(14)27-19(12-23)6-8-26-9-7-19/h2-5H,6-12H2,1H3,(H,20,25). The summed E-state index contributed by atoms with van der Waals surface area (Å²) in [5.41, 5.74) is 0.931. The highest BCUT2D eigenvalue weighted by Crippen LogP contribution is 2.34. The quantitative estimate of drug-likeness (QED) is 0.841. The van der Waals surface area contributed by atoms with E-state index in [4.69, 9.17) is 9.47 Å². The highest BCUT2D eigenvalue weighted by atomic mass is 16.6. The third kappa shape index (κ3) is 3.70. The largest absolute Gasteiger partial charge is 0.485 e. The Morgan fingerprint density at radius 2 is 2.00 bits per heavy atom. The second-order valence-electron chi connectivity index (χ2n) is 7.14. The summed E-state index contributed by atoms with van der Waals surface area (Å²) < 4.78 is 16.4. The lowest BCUT2D eigenvalue weighted by Crippen LogP contribution is -2.52. The number of para-hydroxylation sites is 1. The molecule has 9 heteroatoms. The van der Waals surface area contributed by atoms with Crippen molar-refractivity contribution in [1.82, 2.24) is 20.5 Å². The van der Waals surface area contributed by atoms with Crippen molar-refractivity contribution in [3.05, 3.63) is 41.2 Å². The highest BCUT2D eigenvalue weighted by Gasteiger charge is 2.40. The second-order valence-corrected chi connectivity index (χ2v) is 7.14. The van der Waals surface area contributed by atoms with Crippen molar-refractivity contribution in [2.75, 3.05) is 26.3 Å². The Morgan fingerprint density at radius 1 is 1.21 bits per heavy atom. The van der Waals surface area contributed by atoms with Gasteiger partial charge in [0.05, 0.1) is 26.3 Å². The summed E-state index contributed by atoms with van der Waals surface area (Å²) in [5.74, 6) is 0.126. The zero-order chi connectivity index (χ0) is 19.6. The first-order chi connectivity index (χ1) is 13.6. The van der Waals surface area contributed by atoms with Crippen LogP contribution in [0.25, 0.3) is 0 Å². The van der Waals surface area contributed by atoms with Crippen molar-refractivity contribution in [3.63, 3.8) is 0 Å². The molecule has 4 rings (SSSR count). The molecule has 1 N–H and O–H groups in total. The van der Waals surface area contributed by atoms with Crippen LogP contribution in [-0.2, 0) is 16.1 Å². The minimum Gasteiger partial charge on any atom is -0.485 e. The SMILES string of the molecule is Cc1nonc1C(=O)NCC(=O)N1Cc2ccccc2OC2(CCOCC2)C1. The molecule has 0 atom stereocenters. The maximum absolute atomic E-state index is 12.9. The normalized spacial score (nSPS) is 18.1. The topological polar surface area (TPSA) is 107 Å². The number of aryl methyl sites for hydroxylation is 1. The molecule has 2 aromatic rings. The van der Waals surface area contributed by atoms with Crippen LogP contribution in [-0.4, -0.2) is 58.9 Å². The summed E-state index contributed by atoms with van der Waals surface area (Å²) in [7, 11) is 0. The van der Waals surface area contributed by atoms with Crippen molar-refractivity contribution in [1.29, 1.82) is 0 Å². The average Bonchev–Trinajstić information content (AvgIpc) is 3.06. The average molecular weight is 386 g/mol. The molecular weight excluding hydrogens is 364 g/mol. The molecule has 2 aliphatic rings. The van der Waals surface area contributed by atoms with Gasteiger partial charge in [-0.1, -0.05) is 23.4 Å². The summed E-state index contributed by atoms with van der Waals surface area (Å²) in [6.07, 6.45) is 1.42. The summed E-state index contributed by atoms with van der Waals surface area (Å²) in [5, 5.41) is 9.74. The first kappa shape index (κ1) is 18.4. The van der Waals surface area contributed by atoms with Crippen molar-refractivity contribution in [3.8, 4) is 5.75 Å². The number of carbonyl (C=O) groups excluding carboxylic acids is 2. The minimum absolute atomic E-state index is 0.0817. The maximum Gasteiger partial charge on any atom is 0.275 e. The van der Waals surface area contributed by atoms with Crippen LogP contribution in [0.3, 0.4) is 0 Å². The van der Waals surface area contributed by atoms with Gasteiger partial charge in [-0.15, -0.1) is 0 Å². The number of amides is 2. The molecule has 0 bridgehead atoms. The van der Waals surface area contributed by atoms with Gasteiger partial charge in [-0.25, -0.2) is 4.63 Å². The van der Waals surface area contributed by atoms with E-state index in [-0.39, 0.29) is 18.1 Å². The lowest BCUT2D eigenvalue weighted by molar-refractivity contribution is -0.135. The second kappa shape index (κ2) is 7.59. The molecule has 1 aromatic heterocycles. The van der Waals surface area contributed by atoms with E-state index in [1.807, 2.05) is 24.3 Å². The fraction of sp³-hybridized carbons (Fsp3) is 0.474. The summed E-state index contributed by atoms with van der Waals surface area (Å²) in [4.78, 5) is 26.8. The third-order valence-electron chi connectivity index (χ3n) is 5.16. The van der Waals surface area contributed by atoms with Crippen LogP contribution >= 0.6 is 0 Å². The predicted octanol–water partition coefficient (Wildman–Crippen LogP) is 1.08. The zero-order valence-electron chi connectivity index (χ0n) is 15.6. The zero-order valence-corrected chi connectivity index (χ0v) is 15.6. The molecule has 2 amide bonds. The number of nitrogens with zero attached hydrogens (tertiary/aromatic N) is 3. The Labute approximate surface area is 161 Å². The number of hydrogen-bond donors (Lipinski definition) is 1. The summed E-state index contributed by atoms with van der Waals surface area (Å²) in [6.45, 7) is 3.55. The monoisotopic (exact) mass is 386 g/mol. The van der Waals surface area contributed by atoms with Crippen molar-refractivity contribution in [2.24, 2.45) is 0 Å². The number of ether oxygens (including phenoxy) is 2. The molecule has 1 fully saturated rings. The Morgan fingerprint density at radius 3 is 2.75 bits per heavy atom. The van der Waals surface area contributed by atoms with Gasteiger partial charge in [0.25, 0.3) is 5.91 Å². The first-order valence-corrected chi connectivity index (χ1v) is 9.26. The Balaban J connectivity index is 1.50. The first-order valence-electron chi connectivity index (χ1n) is 9.26. The minimum atomic E-state index is -0.487. The van der Waals surface area contributed by atoms with Gasteiger partial charge in [-0.2, -0.15) is 0 Å². The van der Waals surface area contributed by atoms with E-state index in [0.717, 1.165) is 11.3 Å². The van der Waals surface area contributed by atoms with Gasteiger partial charge in [0.2, 0.25) is 5.91 Å². The van der Waals surface area contributed by atoms with Crippen LogP contribution in [0.5, 0.6) is 5.75 Å². The lowest BCUT2D eigenvalue weighted by atomic mass is 9.93. The van der Waals surface area contributed by atoms with E-state index in [2.05, 4.69) is 20.3 Å². The highest BCUT2D eigenvalue weighted by molar-refractivity contribution is 5.95. The Kier molecular flexibility index (Phi) is 4.99. The molecule has 0 saturated carbocycles. The van der Waals surface area contributed by atoms with E-state index in [1.54, 1.807) is 11.8 Å². The van der Waals surface area contributed by atoms with Crippen molar-refractivity contribution < 1.29 is 23.7 Å². The Bertz CT molecular complexity index is 875. The fourth-order valence-electron chi connectivity index (χ4n) is 3.58. The molecule has 1 spiro atoms. The van der Waals surface area contributed by atoms with Gasteiger partial charge < -0.3 is 19.7 Å². The number of rotatable bonds is 3. The molecule has 3 heterocycles. The molecule has 0 radical (unpaired) electrons. The molecule has 2 aliphatic heterocycles. The van der Waals surface area contributed by atoms with Crippen LogP contribution in [0.4, 0.5) is 0 Å². The third-order valence-corrected chi connectivity index (χ3v) is 5.16. The van der Waals surface area contributed by atoms with Crippen LogP contribution < -0.4 is 10.1 Å². The molecule has 1 aromatic carbocycles. The van der Waals surface area contributed by atoms with Gasteiger partial charge >= 0.3 is 0 Å². The number of fused-ring (bicyclic) bond motifs is 1. The number of nitrogens with one attached hydrogen (secondary N) is 1. The van der Waals surface area contributed by atoms with Gasteiger partial charge in [-0.05, 0) is 18.1 Å². The van der Waals surface area contributed by atoms with Crippen molar-refractivity contribution >= 4 is 11.8 Å². The summed E-state index contributed by atoms with van der Waals surface area (Å²) in [6, 6.07) is 7.74. The molecule has 148 valence electrons. The van der Waals surface area contributed by atoms with Crippen LogP contribution in [0.1, 0.15) is 34.6 Å². The van der Waals surface area contributed by atoms with Crippen LogP contribution in [0.15, 0.2) is 28.9 Å². The van der Waals surface area contributed by atoms with E-state index in [1.165, 1.54) is 0 Å². The van der Waals surface area contributed by atoms with E-state index in [0.29, 0.717) is 44.8 Å². The number of hydrogen-bond acceptors (Lipinski definition) is 7. The molecule has 28 heavy (non-hydrogen) atoms. The van der Waals surface area contributed by atoms with Gasteiger partial charge in [0, 0.05) is 24.9 Å². The van der Waals surface area contributed by atoms with Crippen LogP contribution in [0.2, 0.25) is 0 Å². The molecule has 9 nitrogen and oxygen atoms in total. The fourth-order valence-corrected chi connectivity index (χ4v) is 3.58. The lowest BCUT2D eigenvalue weighted by Gasteiger charge is -2.38. The predicted molar refractivity (Wildman–Crippen MR) is 96.6 cm³/mol. The van der Waals surface area contributed by atoms with E-state index >= 15 is 0 Å². The number of benzene rings is 1. The van der Waals surface area contributed by atoms with E-state index in [9.17, 15) is 9.59 Å². The smallest absolute Gasteiger partial charge is 0.275 e. The number of aromatic nitrogens is 2. The maximum atomic E-state index is 12.9. The molecular formula is C19H22N4O5. The Hall–Kier alpha value is -2.94. The number of carbonyl (C=O) groups is 2. The van der Waals surface area contributed by atoms with E-state index < -0.39 is 11.5 Å². The summed E-state index contributed by atoms with van der Waals surface area (Å²) >= 11 is 0. The molecule has 0 unspecified atom stereocenters. The van der Waals surface area contributed by atoms with Crippen molar-refractivity contribution in [2.45, 2.75) is 31.9 Å². The van der Waals surface area contributed by atoms with Crippen LogP contribution in [0, 0.1) is 6.92 Å². The molecule has 0 aliphatic carbocycles.